The maximum absolute atomic E-state index is 12.1. The third-order valence-corrected chi connectivity index (χ3v) is 5.21. The fourth-order valence-corrected chi connectivity index (χ4v) is 3.42. The first-order valence-electron chi connectivity index (χ1n) is 10.8. The van der Waals surface area contributed by atoms with E-state index in [4.69, 9.17) is 0 Å². The lowest BCUT2D eigenvalue weighted by Gasteiger charge is -2.16. The number of carbonyl (C=O) groups excluding carboxylic acids is 1. The van der Waals surface area contributed by atoms with Gasteiger partial charge in [-0.3, -0.25) is 4.79 Å². The van der Waals surface area contributed by atoms with Gasteiger partial charge < -0.3 is 10.0 Å². The number of aliphatic hydroxyl groups is 1. The van der Waals surface area contributed by atoms with Gasteiger partial charge in [-0.25, -0.2) is 0 Å². The number of aliphatic hydroxyl groups excluding tert-OH is 1. The van der Waals surface area contributed by atoms with E-state index in [1.165, 1.54) is 24.8 Å². The Kier molecular flexibility index (Phi) is 9.66. The Morgan fingerprint density at radius 1 is 1.00 bits per heavy atom. The second-order valence-corrected chi connectivity index (χ2v) is 7.89. The van der Waals surface area contributed by atoms with Crippen molar-refractivity contribution in [1.29, 1.82) is 0 Å². The molecule has 0 saturated heterocycles. The first-order valence-corrected chi connectivity index (χ1v) is 10.8. The summed E-state index contributed by atoms with van der Waals surface area (Å²) in [5, 5.41) is 10.9. The van der Waals surface area contributed by atoms with Crippen LogP contribution in [-0.2, 0) is 6.42 Å². The van der Waals surface area contributed by atoms with Gasteiger partial charge >= 0.3 is 0 Å². The van der Waals surface area contributed by atoms with Gasteiger partial charge in [-0.05, 0) is 54.5 Å². The second-order valence-electron chi connectivity index (χ2n) is 7.89. The van der Waals surface area contributed by atoms with E-state index in [9.17, 15) is 9.90 Å². The van der Waals surface area contributed by atoms with Crippen molar-refractivity contribution in [2.75, 3.05) is 14.1 Å². The van der Waals surface area contributed by atoms with Gasteiger partial charge in [0.1, 0.15) is 0 Å². The summed E-state index contributed by atoms with van der Waals surface area (Å²) in [5.41, 5.74) is 4.05. The van der Waals surface area contributed by atoms with Crippen LogP contribution in [0.25, 0.3) is 6.08 Å². The van der Waals surface area contributed by atoms with Gasteiger partial charge in [-0.1, -0.05) is 74.7 Å². The number of hydrogen-bond acceptors (Lipinski definition) is 2. The molecule has 0 radical (unpaired) electrons. The van der Waals surface area contributed by atoms with Crippen molar-refractivity contribution in [2.45, 2.75) is 58.0 Å². The molecule has 0 saturated carbocycles. The highest BCUT2D eigenvalue weighted by atomic mass is 16.3. The number of hydrogen-bond donors (Lipinski definition) is 1. The van der Waals surface area contributed by atoms with Gasteiger partial charge in [-0.15, -0.1) is 0 Å². The van der Waals surface area contributed by atoms with Crippen LogP contribution in [0.4, 0.5) is 0 Å². The van der Waals surface area contributed by atoms with Crippen LogP contribution in [0.2, 0.25) is 0 Å². The average molecular weight is 394 g/mol. The Hall–Kier alpha value is -2.39. The van der Waals surface area contributed by atoms with Crippen molar-refractivity contribution >= 4 is 12.0 Å². The van der Waals surface area contributed by atoms with E-state index in [1.807, 2.05) is 42.5 Å². The fraction of sp³-hybridized carbons (Fsp3) is 0.423. The topological polar surface area (TPSA) is 40.5 Å². The SMILES string of the molecule is CCCCCC/C(=C\c1ccc(C(=O)N(C)C)cc1)C(O)CCc1ccccc1. The zero-order valence-corrected chi connectivity index (χ0v) is 18.1. The van der Waals surface area contributed by atoms with E-state index in [2.05, 4.69) is 25.1 Å². The molecule has 2 aromatic carbocycles. The van der Waals surface area contributed by atoms with Gasteiger partial charge in [0, 0.05) is 19.7 Å². The normalized spacial score (nSPS) is 12.6. The van der Waals surface area contributed by atoms with Gasteiger partial charge in [0.2, 0.25) is 0 Å². The van der Waals surface area contributed by atoms with Crippen LogP contribution >= 0.6 is 0 Å². The largest absolute Gasteiger partial charge is 0.389 e. The smallest absolute Gasteiger partial charge is 0.253 e. The third kappa shape index (κ3) is 7.86. The van der Waals surface area contributed by atoms with Crippen LogP contribution in [0.5, 0.6) is 0 Å². The molecule has 0 aromatic heterocycles. The molecule has 0 bridgehead atoms. The van der Waals surface area contributed by atoms with Crippen molar-refractivity contribution < 1.29 is 9.90 Å². The number of rotatable bonds is 11. The number of amides is 1. The summed E-state index contributed by atoms with van der Waals surface area (Å²) in [6, 6.07) is 18.0. The Morgan fingerprint density at radius 2 is 1.69 bits per heavy atom. The molecular formula is C26H35NO2. The molecule has 0 aliphatic heterocycles. The van der Waals surface area contributed by atoms with Crippen molar-refractivity contribution in [3.63, 3.8) is 0 Å². The predicted molar refractivity (Wildman–Crippen MR) is 122 cm³/mol. The van der Waals surface area contributed by atoms with E-state index in [-0.39, 0.29) is 5.91 Å². The summed E-state index contributed by atoms with van der Waals surface area (Å²) < 4.78 is 0. The lowest BCUT2D eigenvalue weighted by Crippen LogP contribution is -2.21. The van der Waals surface area contributed by atoms with Crippen LogP contribution in [0.1, 0.15) is 66.9 Å². The summed E-state index contributed by atoms with van der Waals surface area (Å²) >= 11 is 0. The Morgan fingerprint density at radius 3 is 2.31 bits per heavy atom. The summed E-state index contributed by atoms with van der Waals surface area (Å²) in [4.78, 5) is 13.7. The van der Waals surface area contributed by atoms with Crippen LogP contribution in [0.3, 0.4) is 0 Å². The standard InChI is InChI=1S/C26H35NO2/c1-4-5-6-10-13-24(25(28)19-16-21-11-8-7-9-12-21)20-22-14-17-23(18-15-22)26(29)27(2)3/h7-9,11-12,14-15,17-18,20,25,28H,4-6,10,13,16,19H2,1-3H3/b24-20+. The maximum Gasteiger partial charge on any atom is 0.253 e. The van der Waals surface area contributed by atoms with Gasteiger partial charge in [0.25, 0.3) is 5.91 Å². The molecule has 1 atom stereocenters. The molecule has 2 aromatic rings. The molecule has 0 spiro atoms. The van der Waals surface area contributed by atoms with Crippen molar-refractivity contribution in [3.8, 4) is 0 Å². The average Bonchev–Trinajstić information content (AvgIpc) is 2.74. The molecule has 1 unspecified atom stereocenters. The first kappa shape index (κ1) is 22.9. The zero-order chi connectivity index (χ0) is 21.1. The predicted octanol–water partition coefficient (Wildman–Crippen LogP) is 5.74. The van der Waals surface area contributed by atoms with Crippen LogP contribution in [0, 0.1) is 0 Å². The number of nitrogens with zero attached hydrogens (tertiary/aromatic N) is 1. The second kappa shape index (κ2) is 12.2. The molecule has 0 aliphatic rings. The Bertz CT molecular complexity index is 763. The van der Waals surface area contributed by atoms with Gasteiger partial charge in [-0.2, -0.15) is 0 Å². The molecule has 0 heterocycles. The minimum absolute atomic E-state index is 0.00298. The molecule has 1 amide bonds. The summed E-state index contributed by atoms with van der Waals surface area (Å²) in [6.07, 6.45) is 8.88. The molecule has 2 rings (SSSR count). The molecular weight excluding hydrogens is 358 g/mol. The summed E-state index contributed by atoms with van der Waals surface area (Å²) in [7, 11) is 3.52. The van der Waals surface area contributed by atoms with E-state index >= 15 is 0 Å². The number of unbranched alkanes of at least 4 members (excludes halogenated alkanes) is 3. The lowest BCUT2D eigenvalue weighted by atomic mass is 9.95. The molecule has 29 heavy (non-hydrogen) atoms. The van der Waals surface area contributed by atoms with Crippen LogP contribution in [0.15, 0.2) is 60.2 Å². The van der Waals surface area contributed by atoms with E-state index in [1.54, 1.807) is 19.0 Å². The number of carbonyl (C=O) groups is 1. The van der Waals surface area contributed by atoms with Crippen molar-refractivity contribution in [3.05, 3.63) is 76.9 Å². The monoisotopic (exact) mass is 393 g/mol. The Balaban J connectivity index is 2.09. The quantitative estimate of drug-likeness (QED) is 0.495. The lowest BCUT2D eigenvalue weighted by molar-refractivity contribution is 0.0827. The van der Waals surface area contributed by atoms with Gasteiger partial charge in [0.05, 0.1) is 6.10 Å². The molecule has 0 fully saturated rings. The minimum atomic E-state index is -0.445. The van der Waals surface area contributed by atoms with E-state index in [0.29, 0.717) is 5.56 Å². The van der Waals surface area contributed by atoms with E-state index in [0.717, 1.165) is 36.8 Å². The Labute approximate surface area is 176 Å². The highest BCUT2D eigenvalue weighted by Crippen LogP contribution is 2.21. The number of aryl methyl sites for hydroxylation is 1. The maximum atomic E-state index is 12.1. The minimum Gasteiger partial charge on any atom is -0.389 e. The molecule has 3 nitrogen and oxygen atoms in total. The third-order valence-electron chi connectivity index (χ3n) is 5.21. The molecule has 156 valence electrons. The molecule has 1 N–H and O–H groups in total. The van der Waals surface area contributed by atoms with Crippen LogP contribution in [-0.4, -0.2) is 36.1 Å². The summed E-state index contributed by atoms with van der Waals surface area (Å²) in [6.45, 7) is 2.21. The van der Waals surface area contributed by atoms with Crippen LogP contribution < -0.4 is 0 Å². The molecule has 0 aliphatic carbocycles. The number of benzene rings is 2. The highest BCUT2D eigenvalue weighted by molar-refractivity contribution is 5.94. The van der Waals surface area contributed by atoms with Crippen molar-refractivity contribution in [2.24, 2.45) is 0 Å². The fourth-order valence-electron chi connectivity index (χ4n) is 3.42. The zero-order valence-electron chi connectivity index (χ0n) is 18.1. The van der Waals surface area contributed by atoms with E-state index < -0.39 is 6.10 Å². The highest BCUT2D eigenvalue weighted by Gasteiger charge is 2.12. The van der Waals surface area contributed by atoms with Crippen molar-refractivity contribution in [1.82, 2.24) is 4.90 Å². The molecule has 3 heteroatoms. The summed E-state index contributed by atoms with van der Waals surface area (Å²) in [5.74, 6) is 0.00298. The van der Waals surface area contributed by atoms with Gasteiger partial charge in [0.15, 0.2) is 0 Å². The first-order chi connectivity index (χ1) is 14.0.